The molecule has 0 saturated heterocycles. The average Bonchev–Trinajstić information content (AvgIpc) is 3.03. The summed E-state index contributed by atoms with van der Waals surface area (Å²) in [4.78, 5) is 44.1. The normalized spacial score (nSPS) is 14.2. The Morgan fingerprint density at radius 1 is 0.903 bits per heavy atom. The Labute approximate surface area is 185 Å². The number of rotatable bonds is 3. The Kier molecular flexibility index (Phi) is 4.55. The second-order valence-corrected chi connectivity index (χ2v) is 8.21. The first-order valence-electron chi connectivity index (χ1n) is 9.62. The number of imide groups is 1. The molecule has 0 fully saturated rings. The quantitative estimate of drug-likeness (QED) is 0.391. The van der Waals surface area contributed by atoms with Gasteiger partial charge < -0.3 is 4.42 Å². The van der Waals surface area contributed by atoms with E-state index in [2.05, 4.69) is 20.9 Å². The van der Waals surface area contributed by atoms with Gasteiger partial charge in [-0.05, 0) is 48.9 Å². The maximum absolute atomic E-state index is 13.1. The zero-order chi connectivity index (χ0) is 21.7. The summed E-state index contributed by atoms with van der Waals surface area (Å²) < 4.78 is 6.15. The zero-order valence-electron chi connectivity index (χ0n) is 16.3. The molecule has 0 radical (unpaired) electrons. The van der Waals surface area contributed by atoms with Gasteiger partial charge in [0.05, 0.1) is 28.1 Å². The van der Waals surface area contributed by atoms with Gasteiger partial charge in [0, 0.05) is 10.0 Å². The Bertz CT molecular complexity index is 1430. The van der Waals surface area contributed by atoms with Crippen LogP contribution in [0.2, 0.25) is 0 Å². The molecule has 0 unspecified atom stereocenters. The number of nitrogens with zero attached hydrogens (tertiary/aromatic N) is 2. The predicted octanol–water partition coefficient (Wildman–Crippen LogP) is 4.97. The van der Waals surface area contributed by atoms with Gasteiger partial charge in [-0.1, -0.05) is 46.3 Å². The molecule has 4 aromatic rings. The van der Waals surface area contributed by atoms with Crippen LogP contribution in [0.1, 0.15) is 39.2 Å². The minimum atomic E-state index is -0.525. The highest BCUT2D eigenvalue weighted by Crippen LogP contribution is 2.33. The summed E-state index contributed by atoms with van der Waals surface area (Å²) in [6, 6.07) is 18.9. The molecule has 1 atom stereocenters. The monoisotopic (exact) mass is 474 g/mol. The van der Waals surface area contributed by atoms with Gasteiger partial charge in [0.15, 0.2) is 0 Å². The van der Waals surface area contributed by atoms with E-state index in [-0.39, 0.29) is 23.3 Å². The summed E-state index contributed by atoms with van der Waals surface area (Å²) in [5.74, 6) is -0.636. The van der Waals surface area contributed by atoms with Crippen LogP contribution >= 0.6 is 15.9 Å². The standard InChI is InChI=1S/C24H15BrN2O4/c1-13(14-5-3-2-4-6-14)27-22(28)17-9-7-15(11-18(17)23(27)29)21-26-20-10-8-16(25)12-19(20)24(30)31-21/h2-13H,1H3/t13-/m0/s1. The van der Waals surface area contributed by atoms with Crippen molar-refractivity contribution in [2.75, 3.05) is 0 Å². The third-order valence-corrected chi connectivity index (χ3v) is 5.92. The summed E-state index contributed by atoms with van der Waals surface area (Å²) >= 11 is 3.33. The van der Waals surface area contributed by atoms with E-state index < -0.39 is 11.7 Å². The SMILES string of the molecule is C[C@@H](c1ccccc1)N1C(=O)c2ccc(-c3nc4ccc(Br)cc4c(=O)o3)cc2C1=O. The first kappa shape index (κ1) is 19.4. The number of fused-ring (bicyclic) bond motifs is 2. The molecule has 1 aliphatic heterocycles. The van der Waals surface area contributed by atoms with Crippen LogP contribution < -0.4 is 5.63 Å². The van der Waals surface area contributed by atoms with Crippen molar-refractivity contribution in [1.82, 2.24) is 9.88 Å². The van der Waals surface area contributed by atoms with Crippen LogP contribution in [0.25, 0.3) is 22.4 Å². The fraction of sp³-hybridized carbons (Fsp3) is 0.0833. The van der Waals surface area contributed by atoms with Crippen molar-refractivity contribution in [3.05, 3.63) is 98.3 Å². The van der Waals surface area contributed by atoms with E-state index in [4.69, 9.17) is 4.42 Å². The Balaban J connectivity index is 1.56. The molecule has 0 aliphatic carbocycles. The average molecular weight is 475 g/mol. The number of carbonyl (C=O) groups is 2. The highest BCUT2D eigenvalue weighted by molar-refractivity contribution is 9.10. The first-order valence-corrected chi connectivity index (χ1v) is 10.4. The molecule has 0 bridgehead atoms. The Morgan fingerprint density at radius 3 is 2.42 bits per heavy atom. The lowest BCUT2D eigenvalue weighted by Gasteiger charge is -2.22. The Morgan fingerprint density at radius 2 is 1.65 bits per heavy atom. The van der Waals surface area contributed by atoms with Gasteiger partial charge in [0.1, 0.15) is 0 Å². The van der Waals surface area contributed by atoms with Gasteiger partial charge in [-0.25, -0.2) is 9.78 Å². The highest BCUT2D eigenvalue weighted by atomic mass is 79.9. The Hall–Kier alpha value is -3.58. The maximum Gasteiger partial charge on any atom is 0.347 e. The van der Waals surface area contributed by atoms with E-state index >= 15 is 0 Å². The molecule has 6 nitrogen and oxygen atoms in total. The highest BCUT2D eigenvalue weighted by Gasteiger charge is 2.39. The van der Waals surface area contributed by atoms with Crippen LogP contribution in [-0.4, -0.2) is 21.7 Å². The number of aromatic nitrogens is 1. The molecular formula is C24H15BrN2O4. The molecule has 152 valence electrons. The number of halogens is 1. The second kappa shape index (κ2) is 7.28. The van der Waals surface area contributed by atoms with Gasteiger partial charge in [0.25, 0.3) is 11.8 Å². The number of benzene rings is 3. The van der Waals surface area contributed by atoms with Crippen molar-refractivity contribution in [2.45, 2.75) is 13.0 Å². The third-order valence-electron chi connectivity index (χ3n) is 5.42. The second-order valence-electron chi connectivity index (χ2n) is 7.30. The third kappa shape index (κ3) is 3.18. The van der Waals surface area contributed by atoms with Crippen molar-refractivity contribution in [2.24, 2.45) is 0 Å². The van der Waals surface area contributed by atoms with Crippen molar-refractivity contribution >= 4 is 38.6 Å². The smallest absolute Gasteiger partial charge is 0.347 e. The van der Waals surface area contributed by atoms with Crippen molar-refractivity contribution in [3.8, 4) is 11.5 Å². The predicted molar refractivity (Wildman–Crippen MR) is 119 cm³/mol. The van der Waals surface area contributed by atoms with Crippen LogP contribution in [0.4, 0.5) is 0 Å². The molecule has 0 spiro atoms. The number of amides is 2. The molecule has 7 heteroatoms. The largest absolute Gasteiger partial charge is 0.403 e. The van der Waals surface area contributed by atoms with Gasteiger partial charge in [0.2, 0.25) is 5.89 Å². The fourth-order valence-corrected chi connectivity index (χ4v) is 4.15. The number of carbonyl (C=O) groups excluding carboxylic acids is 2. The first-order chi connectivity index (χ1) is 14.9. The summed E-state index contributed by atoms with van der Waals surface area (Å²) in [6.07, 6.45) is 0. The molecule has 3 aromatic carbocycles. The molecule has 2 heterocycles. The summed E-state index contributed by atoms with van der Waals surface area (Å²) in [6.45, 7) is 1.82. The van der Waals surface area contributed by atoms with Crippen LogP contribution in [0.5, 0.6) is 0 Å². The molecule has 5 rings (SSSR count). The molecular weight excluding hydrogens is 460 g/mol. The fourth-order valence-electron chi connectivity index (χ4n) is 3.79. The summed E-state index contributed by atoms with van der Waals surface area (Å²) in [5.41, 5.74) is 1.87. The van der Waals surface area contributed by atoms with Crippen molar-refractivity contribution in [3.63, 3.8) is 0 Å². The number of hydrogen-bond donors (Lipinski definition) is 0. The van der Waals surface area contributed by atoms with Crippen molar-refractivity contribution in [1.29, 1.82) is 0 Å². The van der Waals surface area contributed by atoms with Crippen LogP contribution in [0.15, 0.2) is 80.4 Å². The van der Waals surface area contributed by atoms with E-state index in [0.717, 1.165) is 10.0 Å². The van der Waals surface area contributed by atoms with E-state index in [9.17, 15) is 14.4 Å². The summed E-state index contributed by atoms with van der Waals surface area (Å²) in [7, 11) is 0. The van der Waals surface area contributed by atoms with Crippen molar-refractivity contribution < 1.29 is 14.0 Å². The summed E-state index contributed by atoms with van der Waals surface area (Å²) in [5, 5.41) is 0.355. The van der Waals surface area contributed by atoms with E-state index in [0.29, 0.717) is 22.0 Å². The molecule has 1 aromatic heterocycles. The lowest BCUT2D eigenvalue weighted by molar-refractivity contribution is 0.0595. The lowest BCUT2D eigenvalue weighted by Crippen LogP contribution is -2.32. The van der Waals surface area contributed by atoms with Gasteiger partial charge in [-0.15, -0.1) is 0 Å². The molecule has 31 heavy (non-hydrogen) atoms. The van der Waals surface area contributed by atoms with Crippen LogP contribution in [0, 0.1) is 0 Å². The van der Waals surface area contributed by atoms with Crippen LogP contribution in [-0.2, 0) is 0 Å². The number of hydrogen-bond acceptors (Lipinski definition) is 5. The molecule has 1 aliphatic rings. The molecule has 0 N–H and O–H groups in total. The lowest BCUT2D eigenvalue weighted by atomic mass is 10.1. The minimum absolute atomic E-state index is 0.0948. The van der Waals surface area contributed by atoms with E-state index in [1.807, 2.05) is 37.3 Å². The van der Waals surface area contributed by atoms with Gasteiger partial charge in [-0.2, -0.15) is 0 Å². The topological polar surface area (TPSA) is 80.5 Å². The minimum Gasteiger partial charge on any atom is -0.403 e. The molecule has 2 amide bonds. The van der Waals surface area contributed by atoms with E-state index in [1.165, 1.54) is 4.90 Å². The maximum atomic E-state index is 13.1. The van der Waals surface area contributed by atoms with E-state index in [1.54, 1.807) is 36.4 Å². The molecule has 0 saturated carbocycles. The zero-order valence-corrected chi connectivity index (χ0v) is 17.9. The van der Waals surface area contributed by atoms with Crippen LogP contribution in [0.3, 0.4) is 0 Å². The van der Waals surface area contributed by atoms with Gasteiger partial charge in [-0.3, -0.25) is 14.5 Å². The van der Waals surface area contributed by atoms with Gasteiger partial charge >= 0.3 is 5.63 Å².